The first-order valence-corrected chi connectivity index (χ1v) is 8.11. The standard InChI is InChI=1S/C18H23N3O3/c1-12(2)8-19-17(22)18(3,4)21-10-14(9-20-21)13-5-6-15-16(7-13)24-11-23-15/h5-7,9-10,12H,8,11H2,1-4H3,(H,19,22). The third-order valence-corrected chi connectivity index (χ3v) is 4.09. The van der Waals surface area contributed by atoms with E-state index in [2.05, 4.69) is 24.3 Å². The summed E-state index contributed by atoms with van der Waals surface area (Å²) in [6.07, 6.45) is 3.64. The van der Waals surface area contributed by atoms with Crippen molar-refractivity contribution in [1.82, 2.24) is 15.1 Å². The number of nitrogens with zero attached hydrogens (tertiary/aromatic N) is 2. The first kappa shape index (κ1) is 16.4. The van der Waals surface area contributed by atoms with Gasteiger partial charge in [0.25, 0.3) is 0 Å². The van der Waals surface area contributed by atoms with E-state index in [4.69, 9.17) is 9.47 Å². The van der Waals surface area contributed by atoms with Crippen LogP contribution in [0.3, 0.4) is 0 Å². The lowest BCUT2D eigenvalue weighted by Gasteiger charge is -2.24. The summed E-state index contributed by atoms with van der Waals surface area (Å²) in [5.74, 6) is 1.84. The summed E-state index contributed by atoms with van der Waals surface area (Å²) in [4.78, 5) is 12.5. The number of fused-ring (bicyclic) bond motifs is 1. The van der Waals surface area contributed by atoms with Gasteiger partial charge in [0.15, 0.2) is 11.5 Å². The van der Waals surface area contributed by atoms with Gasteiger partial charge in [0.2, 0.25) is 12.7 Å². The number of hydrogen-bond acceptors (Lipinski definition) is 4. The zero-order valence-corrected chi connectivity index (χ0v) is 14.5. The second kappa shape index (κ2) is 6.19. The quantitative estimate of drug-likeness (QED) is 0.916. The van der Waals surface area contributed by atoms with E-state index in [1.54, 1.807) is 10.9 Å². The normalized spacial score (nSPS) is 13.4. The van der Waals surface area contributed by atoms with Crippen molar-refractivity contribution in [1.29, 1.82) is 0 Å². The summed E-state index contributed by atoms with van der Waals surface area (Å²) in [5.41, 5.74) is 1.14. The van der Waals surface area contributed by atoms with Crippen LogP contribution >= 0.6 is 0 Å². The van der Waals surface area contributed by atoms with Gasteiger partial charge in [0.1, 0.15) is 5.54 Å². The molecule has 6 heteroatoms. The maximum atomic E-state index is 12.5. The molecule has 0 radical (unpaired) electrons. The highest BCUT2D eigenvalue weighted by atomic mass is 16.7. The number of nitrogens with one attached hydrogen (secondary N) is 1. The SMILES string of the molecule is CC(C)CNC(=O)C(C)(C)n1cc(-c2ccc3c(c2)OCO3)cn1. The molecular weight excluding hydrogens is 306 g/mol. The molecule has 1 aromatic carbocycles. The molecule has 0 unspecified atom stereocenters. The van der Waals surface area contributed by atoms with Crippen molar-refractivity contribution in [3.63, 3.8) is 0 Å². The predicted octanol–water partition coefficient (Wildman–Crippen LogP) is 2.79. The Kier molecular flexibility index (Phi) is 4.22. The summed E-state index contributed by atoms with van der Waals surface area (Å²) < 4.78 is 12.4. The molecular formula is C18H23N3O3. The number of carbonyl (C=O) groups excluding carboxylic acids is 1. The topological polar surface area (TPSA) is 65.4 Å². The maximum Gasteiger partial charge on any atom is 0.247 e. The second-order valence-electron chi connectivity index (χ2n) is 6.90. The van der Waals surface area contributed by atoms with Crippen LogP contribution in [0.4, 0.5) is 0 Å². The first-order valence-electron chi connectivity index (χ1n) is 8.11. The van der Waals surface area contributed by atoms with Gasteiger partial charge in [-0.25, -0.2) is 0 Å². The molecule has 24 heavy (non-hydrogen) atoms. The third kappa shape index (κ3) is 3.09. The molecule has 128 valence electrons. The van der Waals surface area contributed by atoms with Crippen molar-refractivity contribution in [3.8, 4) is 22.6 Å². The molecule has 0 spiro atoms. The van der Waals surface area contributed by atoms with Gasteiger partial charge in [-0.05, 0) is 37.5 Å². The fraction of sp³-hybridized carbons (Fsp3) is 0.444. The molecule has 0 bridgehead atoms. The number of ether oxygens (including phenoxy) is 2. The van der Waals surface area contributed by atoms with Crippen molar-refractivity contribution in [2.45, 2.75) is 33.2 Å². The molecule has 6 nitrogen and oxygen atoms in total. The van der Waals surface area contributed by atoms with Crippen molar-refractivity contribution in [3.05, 3.63) is 30.6 Å². The van der Waals surface area contributed by atoms with E-state index in [9.17, 15) is 4.79 Å². The van der Waals surface area contributed by atoms with Crippen molar-refractivity contribution >= 4 is 5.91 Å². The van der Waals surface area contributed by atoms with Crippen LogP contribution in [-0.2, 0) is 10.3 Å². The number of hydrogen-bond donors (Lipinski definition) is 1. The van der Waals surface area contributed by atoms with Gasteiger partial charge in [-0.3, -0.25) is 9.48 Å². The summed E-state index contributed by atoms with van der Waals surface area (Å²) in [5, 5.41) is 7.36. The Morgan fingerprint density at radius 2 is 2.04 bits per heavy atom. The molecule has 0 saturated carbocycles. The Bertz CT molecular complexity index is 750. The molecule has 1 N–H and O–H groups in total. The smallest absolute Gasteiger partial charge is 0.247 e. The van der Waals surface area contributed by atoms with Gasteiger partial charge in [0, 0.05) is 18.3 Å². The van der Waals surface area contributed by atoms with Crippen LogP contribution in [0.5, 0.6) is 11.5 Å². The molecule has 0 fully saturated rings. The van der Waals surface area contributed by atoms with Crippen LogP contribution in [0, 0.1) is 5.92 Å². The van der Waals surface area contributed by atoms with Gasteiger partial charge in [-0.2, -0.15) is 5.10 Å². The fourth-order valence-electron chi connectivity index (χ4n) is 2.47. The Morgan fingerprint density at radius 3 is 2.79 bits per heavy atom. The largest absolute Gasteiger partial charge is 0.454 e. The molecule has 1 aromatic heterocycles. The predicted molar refractivity (Wildman–Crippen MR) is 91.0 cm³/mol. The maximum absolute atomic E-state index is 12.5. The van der Waals surface area contributed by atoms with Crippen molar-refractivity contribution in [2.75, 3.05) is 13.3 Å². The van der Waals surface area contributed by atoms with Crippen molar-refractivity contribution in [2.24, 2.45) is 5.92 Å². The Morgan fingerprint density at radius 1 is 1.29 bits per heavy atom. The van der Waals surface area contributed by atoms with Crippen LogP contribution in [0.15, 0.2) is 30.6 Å². The molecule has 3 rings (SSSR count). The van der Waals surface area contributed by atoms with E-state index < -0.39 is 5.54 Å². The van der Waals surface area contributed by atoms with E-state index in [1.807, 2.05) is 38.2 Å². The molecule has 2 aromatic rings. The lowest BCUT2D eigenvalue weighted by molar-refractivity contribution is -0.129. The van der Waals surface area contributed by atoms with Gasteiger partial charge in [0.05, 0.1) is 6.20 Å². The lowest BCUT2D eigenvalue weighted by Crippen LogP contribution is -2.45. The molecule has 1 aliphatic heterocycles. The summed E-state index contributed by atoms with van der Waals surface area (Å²) in [6, 6.07) is 5.77. The zero-order chi connectivity index (χ0) is 17.3. The average Bonchev–Trinajstić information content (AvgIpc) is 3.20. The highest BCUT2D eigenvalue weighted by molar-refractivity contribution is 5.83. The lowest BCUT2D eigenvalue weighted by atomic mass is 10.0. The monoisotopic (exact) mass is 329 g/mol. The van der Waals surface area contributed by atoms with E-state index in [1.165, 1.54) is 0 Å². The first-order chi connectivity index (χ1) is 11.4. The van der Waals surface area contributed by atoms with Gasteiger partial charge < -0.3 is 14.8 Å². The van der Waals surface area contributed by atoms with E-state index in [0.717, 1.165) is 22.6 Å². The minimum Gasteiger partial charge on any atom is -0.454 e. The molecule has 0 saturated heterocycles. The minimum atomic E-state index is -0.760. The molecule has 1 amide bonds. The Labute approximate surface area is 141 Å². The Hall–Kier alpha value is -2.50. The Balaban J connectivity index is 1.80. The summed E-state index contributed by atoms with van der Waals surface area (Å²) in [7, 11) is 0. The van der Waals surface area contributed by atoms with Crippen molar-refractivity contribution < 1.29 is 14.3 Å². The average molecular weight is 329 g/mol. The molecule has 0 aliphatic carbocycles. The number of carbonyl (C=O) groups is 1. The number of aromatic nitrogens is 2. The number of amides is 1. The minimum absolute atomic E-state index is 0.0449. The second-order valence-corrected chi connectivity index (χ2v) is 6.90. The highest BCUT2D eigenvalue weighted by Crippen LogP contribution is 2.36. The van der Waals surface area contributed by atoms with E-state index in [-0.39, 0.29) is 12.7 Å². The summed E-state index contributed by atoms with van der Waals surface area (Å²) in [6.45, 7) is 8.76. The van der Waals surface area contributed by atoms with Crippen LogP contribution in [0.25, 0.3) is 11.1 Å². The molecule has 0 atom stereocenters. The zero-order valence-electron chi connectivity index (χ0n) is 14.5. The van der Waals surface area contributed by atoms with E-state index in [0.29, 0.717) is 12.5 Å². The highest BCUT2D eigenvalue weighted by Gasteiger charge is 2.30. The summed E-state index contributed by atoms with van der Waals surface area (Å²) >= 11 is 0. The number of rotatable bonds is 5. The van der Waals surface area contributed by atoms with Gasteiger partial charge in [-0.15, -0.1) is 0 Å². The van der Waals surface area contributed by atoms with Crippen LogP contribution in [0.2, 0.25) is 0 Å². The van der Waals surface area contributed by atoms with Crippen LogP contribution in [-0.4, -0.2) is 29.0 Å². The van der Waals surface area contributed by atoms with Crippen LogP contribution < -0.4 is 14.8 Å². The fourth-order valence-corrected chi connectivity index (χ4v) is 2.47. The van der Waals surface area contributed by atoms with Gasteiger partial charge in [-0.1, -0.05) is 19.9 Å². The van der Waals surface area contributed by atoms with E-state index >= 15 is 0 Å². The molecule has 2 heterocycles. The number of benzene rings is 1. The van der Waals surface area contributed by atoms with Crippen LogP contribution in [0.1, 0.15) is 27.7 Å². The van der Waals surface area contributed by atoms with Gasteiger partial charge >= 0.3 is 0 Å². The molecule has 1 aliphatic rings. The third-order valence-electron chi connectivity index (χ3n) is 4.09.